The van der Waals surface area contributed by atoms with Crippen LogP contribution in [-0.2, 0) is 31.5 Å². The summed E-state index contributed by atoms with van der Waals surface area (Å²) >= 11 is 0. The van der Waals surface area contributed by atoms with E-state index in [-0.39, 0.29) is 5.66 Å². The van der Waals surface area contributed by atoms with Gasteiger partial charge in [0.2, 0.25) is 0 Å². The van der Waals surface area contributed by atoms with E-state index in [1.807, 2.05) is 68.4 Å². The van der Waals surface area contributed by atoms with E-state index < -0.39 is 7.60 Å². The summed E-state index contributed by atoms with van der Waals surface area (Å²) in [7, 11) is -1.61. The van der Waals surface area contributed by atoms with E-state index in [4.69, 9.17) is 18.6 Å². The number of hydrogen-bond donors (Lipinski definition) is 1. The Balaban J connectivity index is 1.97. The van der Waals surface area contributed by atoms with Gasteiger partial charge in [-0.3, -0.25) is 9.40 Å². The fourth-order valence-corrected chi connectivity index (χ4v) is 5.12. The lowest BCUT2D eigenvalue weighted by atomic mass is 10.1. The van der Waals surface area contributed by atoms with Gasteiger partial charge >= 0.3 is 7.60 Å². The van der Waals surface area contributed by atoms with Crippen LogP contribution in [-0.4, -0.2) is 32.5 Å². The van der Waals surface area contributed by atoms with Gasteiger partial charge in [0.25, 0.3) is 0 Å². The molecule has 0 aliphatic heterocycles. The summed E-state index contributed by atoms with van der Waals surface area (Å²) in [6.45, 7) is 5.35. The first-order valence-electron chi connectivity index (χ1n) is 10.0. The smallest absolute Gasteiger partial charge is 0.334 e. The SMILES string of the molecule is CCOP(=O)(OCC)C(CCNOCc1ccccc1)Cc1ccc(OC)cc1. The van der Waals surface area contributed by atoms with Crippen molar-refractivity contribution >= 4 is 7.60 Å². The van der Waals surface area contributed by atoms with Gasteiger partial charge in [0.05, 0.1) is 32.6 Å². The number of hydroxylamine groups is 1. The molecule has 0 aromatic heterocycles. The van der Waals surface area contributed by atoms with Crippen molar-refractivity contribution in [1.82, 2.24) is 5.48 Å². The first-order chi connectivity index (χ1) is 14.1. The van der Waals surface area contributed by atoms with Crippen LogP contribution >= 0.6 is 7.60 Å². The monoisotopic (exact) mass is 421 g/mol. The van der Waals surface area contributed by atoms with E-state index in [1.54, 1.807) is 7.11 Å². The molecule has 7 heteroatoms. The zero-order valence-electron chi connectivity index (χ0n) is 17.5. The van der Waals surface area contributed by atoms with Gasteiger partial charge in [-0.05, 0) is 49.9 Å². The number of nitrogens with one attached hydrogen (secondary N) is 1. The fraction of sp³-hybridized carbons (Fsp3) is 0.455. The molecule has 0 bridgehead atoms. The van der Waals surface area contributed by atoms with E-state index in [0.717, 1.165) is 16.9 Å². The minimum Gasteiger partial charge on any atom is -0.497 e. The van der Waals surface area contributed by atoms with Crippen LogP contribution < -0.4 is 10.2 Å². The maximum atomic E-state index is 13.4. The van der Waals surface area contributed by atoms with Crippen LogP contribution in [0.25, 0.3) is 0 Å². The minimum absolute atomic E-state index is 0.274. The Morgan fingerprint density at radius 3 is 2.17 bits per heavy atom. The highest BCUT2D eigenvalue weighted by Gasteiger charge is 2.35. The lowest BCUT2D eigenvalue weighted by Crippen LogP contribution is -2.24. The average Bonchev–Trinajstić information content (AvgIpc) is 2.74. The molecule has 2 rings (SSSR count). The van der Waals surface area contributed by atoms with Crippen molar-refractivity contribution in [2.24, 2.45) is 0 Å². The van der Waals surface area contributed by atoms with Crippen molar-refractivity contribution in [3.8, 4) is 5.75 Å². The van der Waals surface area contributed by atoms with Crippen LogP contribution in [0, 0.1) is 0 Å². The molecule has 0 amide bonds. The van der Waals surface area contributed by atoms with Gasteiger partial charge in [-0.15, -0.1) is 0 Å². The molecule has 6 nitrogen and oxygen atoms in total. The Bertz CT molecular complexity index is 729. The topological polar surface area (TPSA) is 66.0 Å². The largest absolute Gasteiger partial charge is 0.497 e. The maximum Gasteiger partial charge on any atom is 0.334 e. The summed E-state index contributed by atoms with van der Waals surface area (Å²) in [5, 5.41) is 0. The Hall–Kier alpha value is -1.69. The summed E-state index contributed by atoms with van der Waals surface area (Å²) in [5.41, 5.74) is 4.84. The quantitative estimate of drug-likeness (QED) is 0.264. The molecule has 1 unspecified atom stereocenters. The summed E-state index contributed by atoms with van der Waals surface area (Å²) in [5.74, 6) is 0.791. The van der Waals surface area contributed by atoms with Gasteiger partial charge in [-0.2, -0.15) is 0 Å². The minimum atomic E-state index is -3.25. The Kier molecular flexibility index (Phi) is 10.4. The van der Waals surface area contributed by atoms with E-state index in [2.05, 4.69) is 5.48 Å². The van der Waals surface area contributed by atoms with Crippen LogP contribution in [0.5, 0.6) is 5.75 Å². The maximum absolute atomic E-state index is 13.4. The molecular weight excluding hydrogens is 389 g/mol. The van der Waals surface area contributed by atoms with Crippen LogP contribution in [0.2, 0.25) is 0 Å². The third-order valence-corrected chi connectivity index (χ3v) is 7.03. The van der Waals surface area contributed by atoms with Crippen molar-refractivity contribution in [2.45, 2.75) is 39.0 Å². The first kappa shape index (κ1) is 23.6. The summed E-state index contributed by atoms with van der Waals surface area (Å²) in [4.78, 5) is 5.55. The summed E-state index contributed by atoms with van der Waals surface area (Å²) in [6, 6.07) is 17.7. The third kappa shape index (κ3) is 7.92. The zero-order valence-corrected chi connectivity index (χ0v) is 18.4. The molecule has 0 saturated heterocycles. The summed E-state index contributed by atoms with van der Waals surface area (Å²) < 4.78 is 29.8. The normalized spacial score (nSPS) is 12.7. The molecule has 0 saturated carbocycles. The second-order valence-corrected chi connectivity index (χ2v) is 8.87. The number of methoxy groups -OCH3 is 1. The van der Waals surface area contributed by atoms with Crippen LogP contribution in [0.4, 0.5) is 0 Å². The molecule has 0 fully saturated rings. The van der Waals surface area contributed by atoms with Crippen molar-refractivity contribution in [2.75, 3.05) is 26.9 Å². The lowest BCUT2D eigenvalue weighted by Gasteiger charge is -2.26. The highest BCUT2D eigenvalue weighted by atomic mass is 31.2. The molecule has 0 spiro atoms. The van der Waals surface area contributed by atoms with E-state index in [0.29, 0.717) is 39.2 Å². The molecule has 0 aliphatic carbocycles. The Labute approximate surface area is 174 Å². The standard InChI is InChI=1S/C22H32NO5P/c1-4-27-29(24,28-5-2)22(17-19-11-13-21(25-3)14-12-19)15-16-23-26-18-20-9-7-6-8-10-20/h6-14,22-23H,4-5,15-18H2,1-3H3. The Morgan fingerprint density at radius 2 is 1.59 bits per heavy atom. The van der Waals surface area contributed by atoms with Crippen molar-refractivity contribution < 1.29 is 23.2 Å². The lowest BCUT2D eigenvalue weighted by molar-refractivity contribution is 0.0270. The molecule has 2 aromatic rings. The van der Waals surface area contributed by atoms with Crippen LogP contribution in [0.1, 0.15) is 31.4 Å². The van der Waals surface area contributed by atoms with Gasteiger partial charge in [-0.25, -0.2) is 5.48 Å². The molecule has 0 heterocycles. The van der Waals surface area contributed by atoms with E-state index >= 15 is 0 Å². The molecule has 2 aromatic carbocycles. The zero-order chi connectivity index (χ0) is 21.0. The van der Waals surface area contributed by atoms with E-state index in [9.17, 15) is 4.57 Å². The summed E-state index contributed by atoms with van der Waals surface area (Å²) in [6.07, 6.45) is 1.18. The van der Waals surface area contributed by atoms with Gasteiger partial charge in [0.15, 0.2) is 0 Å². The average molecular weight is 421 g/mol. The van der Waals surface area contributed by atoms with Crippen molar-refractivity contribution in [3.63, 3.8) is 0 Å². The third-order valence-electron chi connectivity index (χ3n) is 4.46. The van der Waals surface area contributed by atoms with Gasteiger partial charge < -0.3 is 13.8 Å². The van der Waals surface area contributed by atoms with Gasteiger partial charge in [-0.1, -0.05) is 42.5 Å². The van der Waals surface area contributed by atoms with Gasteiger partial charge in [0, 0.05) is 6.54 Å². The highest BCUT2D eigenvalue weighted by molar-refractivity contribution is 7.54. The van der Waals surface area contributed by atoms with Crippen LogP contribution in [0.15, 0.2) is 54.6 Å². The molecule has 160 valence electrons. The highest BCUT2D eigenvalue weighted by Crippen LogP contribution is 2.55. The van der Waals surface area contributed by atoms with Crippen molar-refractivity contribution in [1.29, 1.82) is 0 Å². The molecule has 0 radical (unpaired) electrons. The predicted octanol–water partition coefficient (Wildman–Crippen LogP) is 4.98. The second-order valence-electron chi connectivity index (χ2n) is 6.54. The number of rotatable bonds is 14. The second kappa shape index (κ2) is 12.8. The Morgan fingerprint density at radius 1 is 0.931 bits per heavy atom. The number of ether oxygens (including phenoxy) is 1. The van der Waals surface area contributed by atoms with Gasteiger partial charge in [0.1, 0.15) is 5.75 Å². The van der Waals surface area contributed by atoms with Crippen molar-refractivity contribution in [3.05, 3.63) is 65.7 Å². The van der Waals surface area contributed by atoms with E-state index in [1.165, 1.54) is 0 Å². The van der Waals surface area contributed by atoms with Crippen LogP contribution in [0.3, 0.4) is 0 Å². The first-order valence-corrected chi connectivity index (χ1v) is 11.6. The molecular formula is C22H32NO5P. The predicted molar refractivity (Wildman–Crippen MR) is 115 cm³/mol. The number of hydrogen-bond acceptors (Lipinski definition) is 6. The molecule has 0 aliphatic rings. The number of benzene rings is 2. The molecule has 1 atom stereocenters. The fourth-order valence-electron chi connectivity index (χ4n) is 3.02. The molecule has 29 heavy (non-hydrogen) atoms. The molecule has 1 N–H and O–H groups in total.